The van der Waals surface area contributed by atoms with Crippen LogP contribution in [0.3, 0.4) is 0 Å². The van der Waals surface area contributed by atoms with Crippen molar-refractivity contribution in [1.29, 1.82) is 0 Å². The van der Waals surface area contributed by atoms with Crippen LogP contribution in [0, 0.1) is 13.8 Å². The highest BCUT2D eigenvalue weighted by Crippen LogP contribution is 2.33. The molecule has 1 aliphatic heterocycles. The number of hydrogen-bond acceptors (Lipinski definition) is 3. The summed E-state index contributed by atoms with van der Waals surface area (Å²) in [5.41, 5.74) is 6.74. The van der Waals surface area contributed by atoms with Crippen LogP contribution in [0.1, 0.15) is 27.8 Å². The van der Waals surface area contributed by atoms with Crippen molar-refractivity contribution in [2.45, 2.75) is 20.3 Å². The number of aryl methyl sites for hydroxylation is 2. The highest BCUT2D eigenvalue weighted by Gasteiger charge is 2.41. The fraction of sp³-hybridized carbons (Fsp3) is 0.0833. The van der Waals surface area contributed by atoms with Crippen molar-refractivity contribution in [1.82, 2.24) is 0 Å². The molecule has 0 atom stereocenters. The molecule has 2 amide bonds. The summed E-state index contributed by atoms with van der Waals surface area (Å²) in [5.74, 6) is -0.882. The van der Waals surface area contributed by atoms with Crippen LogP contribution >= 0.6 is 12.2 Å². The summed E-state index contributed by atoms with van der Waals surface area (Å²) in [7, 11) is 0. The largest absolute Gasteiger partial charge is 0.270 e. The van der Waals surface area contributed by atoms with E-state index >= 15 is 0 Å². The maximum absolute atomic E-state index is 14.1. The van der Waals surface area contributed by atoms with E-state index in [0.29, 0.717) is 17.8 Å². The lowest BCUT2D eigenvalue weighted by atomic mass is 9.91. The third-order valence-electron chi connectivity index (χ3n) is 7.30. The lowest BCUT2D eigenvalue weighted by molar-refractivity contribution is -0.120. The van der Waals surface area contributed by atoms with Crippen molar-refractivity contribution in [2.75, 3.05) is 9.80 Å². The first kappa shape index (κ1) is 26.4. The minimum absolute atomic E-state index is 0.0596. The number of hydrogen-bond donors (Lipinski definition) is 0. The standard InChI is InChI=1S/C36H28N2O2S/c1-24-19-25(2)21-26(20-24)22-28-18-17-27-11-9-10-16-31(27)32(28)23-33-34(39)37(29-12-5-3-6-13-29)36(41)38(35(33)40)30-14-7-4-8-15-30/h3-21,23H,22H2,1-2H3. The van der Waals surface area contributed by atoms with E-state index in [9.17, 15) is 9.59 Å². The van der Waals surface area contributed by atoms with E-state index < -0.39 is 11.8 Å². The van der Waals surface area contributed by atoms with Crippen molar-refractivity contribution in [3.05, 3.63) is 149 Å². The van der Waals surface area contributed by atoms with Crippen molar-refractivity contribution < 1.29 is 9.59 Å². The highest BCUT2D eigenvalue weighted by molar-refractivity contribution is 7.81. The van der Waals surface area contributed by atoms with E-state index in [4.69, 9.17) is 12.2 Å². The number of nitrogens with zero attached hydrogens (tertiary/aromatic N) is 2. The van der Waals surface area contributed by atoms with Gasteiger partial charge in [-0.1, -0.05) is 102 Å². The molecule has 0 aromatic heterocycles. The van der Waals surface area contributed by atoms with Crippen LogP contribution in [0.15, 0.2) is 121 Å². The Morgan fingerprint density at radius 2 is 1.20 bits per heavy atom. The molecular formula is C36H28N2O2S. The molecular weight excluding hydrogens is 524 g/mol. The molecule has 1 heterocycles. The summed E-state index contributed by atoms with van der Waals surface area (Å²) in [6, 6.07) is 37.2. The number of anilines is 2. The molecule has 200 valence electrons. The van der Waals surface area contributed by atoms with E-state index in [-0.39, 0.29) is 10.7 Å². The van der Waals surface area contributed by atoms with Gasteiger partial charge in [-0.05, 0) is 90.3 Å². The highest BCUT2D eigenvalue weighted by atomic mass is 32.1. The molecule has 5 aromatic carbocycles. The Balaban J connectivity index is 1.56. The van der Waals surface area contributed by atoms with Gasteiger partial charge < -0.3 is 0 Å². The van der Waals surface area contributed by atoms with Gasteiger partial charge in [-0.2, -0.15) is 0 Å². The lowest BCUT2D eigenvalue weighted by Gasteiger charge is -2.36. The van der Waals surface area contributed by atoms with Crippen LogP contribution in [0.25, 0.3) is 16.8 Å². The molecule has 0 N–H and O–H groups in total. The van der Waals surface area contributed by atoms with Crippen molar-refractivity contribution in [3.8, 4) is 0 Å². The Hall–Kier alpha value is -4.87. The average Bonchev–Trinajstić information content (AvgIpc) is 2.97. The van der Waals surface area contributed by atoms with E-state index in [1.165, 1.54) is 26.5 Å². The summed E-state index contributed by atoms with van der Waals surface area (Å²) in [6.07, 6.45) is 2.43. The first-order valence-corrected chi connectivity index (χ1v) is 13.9. The Morgan fingerprint density at radius 3 is 1.78 bits per heavy atom. The Labute approximate surface area is 245 Å². The Bertz CT molecular complexity index is 1760. The summed E-state index contributed by atoms with van der Waals surface area (Å²) in [6.45, 7) is 4.19. The van der Waals surface area contributed by atoms with Crippen LogP contribution < -0.4 is 9.80 Å². The van der Waals surface area contributed by atoms with Crippen molar-refractivity contribution in [3.63, 3.8) is 0 Å². The summed E-state index contributed by atoms with van der Waals surface area (Å²) >= 11 is 5.78. The third kappa shape index (κ3) is 5.08. The molecule has 5 heteroatoms. The number of para-hydroxylation sites is 2. The predicted octanol–water partition coefficient (Wildman–Crippen LogP) is 7.80. The van der Waals surface area contributed by atoms with Gasteiger partial charge in [0.05, 0.1) is 11.4 Å². The predicted molar refractivity (Wildman–Crippen MR) is 171 cm³/mol. The van der Waals surface area contributed by atoms with Gasteiger partial charge >= 0.3 is 0 Å². The molecule has 1 saturated heterocycles. The second kappa shape index (κ2) is 11.0. The monoisotopic (exact) mass is 552 g/mol. The smallest absolute Gasteiger partial charge is 0.268 e. The molecule has 4 nitrogen and oxygen atoms in total. The molecule has 1 aliphatic rings. The van der Waals surface area contributed by atoms with E-state index in [1.54, 1.807) is 6.08 Å². The molecule has 0 spiro atoms. The Morgan fingerprint density at radius 1 is 0.659 bits per heavy atom. The molecule has 0 aliphatic carbocycles. The van der Waals surface area contributed by atoms with Gasteiger partial charge in [0.25, 0.3) is 11.8 Å². The second-order valence-corrected chi connectivity index (χ2v) is 10.7. The van der Waals surface area contributed by atoms with Gasteiger partial charge in [0.1, 0.15) is 5.57 Å². The zero-order valence-electron chi connectivity index (χ0n) is 22.9. The molecule has 1 fully saturated rings. The second-order valence-electron chi connectivity index (χ2n) is 10.3. The van der Waals surface area contributed by atoms with E-state index in [0.717, 1.165) is 21.9 Å². The SMILES string of the molecule is Cc1cc(C)cc(Cc2ccc3ccccc3c2C=C2C(=O)N(c3ccccc3)C(=S)N(c3ccccc3)C2=O)c1. The molecule has 0 saturated carbocycles. The molecule has 6 rings (SSSR count). The number of rotatable bonds is 5. The first-order chi connectivity index (χ1) is 19.9. The zero-order chi connectivity index (χ0) is 28.5. The van der Waals surface area contributed by atoms with Crippen LogP contribution in [0.5, 0.6) is 0 Å². The third-order valence-corrected chi connectivity index (χ3v) is 7.67. The van der Waals surface area contributed by atoms with Crippen LogP contribution in [0.2, 0.25) is 0 Å². The van der Waals surface area contributed by atoms with Crippen molar-refractivity contribution in [2.24, 2.45) is 0 Å². The minimum Gasteiger partial charge on any atom is -0.268 e. The molecule has 41 heavy (non-hydrogen) atoms. The fourth-order valence-electron chi connectivity index (χ4n) is 5.54. The molecule has 0 unspecified atom stereocenters. The summed E-state index contributed by atoms with van der Waals surface area (Å²) in [4.78, 5) is 31.2. The molecule has 0 radical (unpaired) electrons. The number of benzene rings is 5. The normalized spacial score (nSPS) is 13.7. The number of carbonyl (C=O) groups excluding carboxylic acids is 2. The number of fused-ring (bicyclic) bond motifs is 1. The van der Waals surface area contributed by atoms with Gasteiger partial charge in [0, 0.05) is 0 Å². The van der Waals surface area contributed by atoms with Crippen LogP contribution in [-0.4, -0.2) is 16.9 Å². The fourth-order valence-corrected chi connectivity index (χ4v) is 5.92. The summed E-state index contributed by atoms with van der Waals surface area (Å²) in [5, 5.41) is 2.14. The lowest BCUT2D eigenvalue weighted by Crippen LogP contribution is -2.56. The zero-order valence-corrected chi connectivity index (χ0v) is 23.7. The molecule has 0 bridgehead atoms. The van der Waals surface area contributed by atoms with E-state index in [1.807, 2.05) is 84.9 Å². The quantitative estimate of drug-likeness (QED) is 0.127. The van der Waals surface area contributed by atoms with Gasteiger partial charge in [0.15, 0.2) is 5.11 Å². The Kier molecular flexibility index (Phi) is 7.04. The van der Waals surface area contributed by atoms with Gasteiger partial charge in [-0.3, -0.25) is 19.4 Å². The van der Waals surface area contributed by atoms with Gasteiger partial charge in [0.2, 0.25) is 0 Å². The topological polar surface area (TPSA) is 40.6 Å². The number of carbonyl (C=O) groups is 2. The maximum atomic E-state index is 14.1. The molecule has 5 aromatic rings. The number of thiocarbonyl (C=S) groups is 1. The van der Waals surface area contributed by atoms with Gasteiger partial charge in [-0.25, -0.2) is 0 Å². The minimum atomic E-state index is -0.441. The maximum Gasteiger partial charge on any atom is 0.270 e. The first-order valence-electron chi connectivity index (χ1n) is 13.5. The van der Waals surface area contributed by atoms with Gasteiger partial charge in [-0.15, -0.1) is 0 Å². The number of amides is 2. The average molecular weight is 553 g/mol. The van der Waals surface area contributed by atoms with Crippen LogP contribution in [-0.2, 0) is 16.0 Å². The van der Waals surface area contributed by atoms with Crippen LogP contribution in [0.4, 0.5) is 11.4 Å². The van der Waals surface area contributed by atoms with Crippen molar-refractivity contribution >= 4 is 57.4 Å². The van der Waals surface area contributed by atoms with E-state index in [2.05, 4.69) is 44.2 Å². The summed E-state index contributed by atoms with van der Waals surface area (Å²) < 4.78 is 0.